The highest BCUT2D eigenvalue weighted by Gasteiger charge is 2.27. The predicted molar refractivity (Wildman–Crippen MR) is 87.5 cm³/mol. The number of carbonyl (C=O) groups excluding carboxylic acids is 1. The number of pyridine rings is 1. The highest BCUT2D eigenvalue weighted by Crippen LogP contribution is 2.29. The molecular formula is C15H22N4O5. The van der Waals surface area contributed by atoms with Crippen molar-refractivity contribution in [2.45, 2.75) is 26.4 Å². The van der Waals surface area contributed by atoms with Gasteiger partial charge in [0.2, 0.25) is 5.75 Å². The van der Waals surface area contributed by atoms with Crippen LogP contribution in [0.25, 0.3) is 0 Å². The van der Waals surface area contributed by atoms with Crippen LogP contribution in [0.2, 0.25) is 0 Å². The molecule has 0 bridgehead atoms. The van der Waals surface area contributed by atoms with Crippen molar-refractivity contribution in [3.63, 3.8) is 0 Å². The fraction of sp³-hybridized carbons (Fsp3) is 0.600. The van der Waals surface area contributed by atoms with Crippen molar-refractivity contribution in [3.8, 4) is 5.75 Å². The zero-order chi connectivity index (χ0) is 17.9. The highest BCUT2D eigenvalue weighted by molar-refractivity contribution is 5.68. The molecule has 0 N–H and O–H groups in total. The molecule has 1 aromatic rings. The topological polar surface area (TPSA) is 98.0 Å². The Kier molecular flexibility index (Phi) is 5.10. The molecule has 2 rings (SSSR count). The van der Waals surface area contributed by atoms with E-state index >= 15 is 0 Å². The summed E-state index contributed by atoms with van der Waals surface area (Å²) in [5.74, 6) is -0.194. The largest absolute Gasteiger partial charge is 0.489 e. The van der Waals surface area contributed by atoms with Crippen LogP contribution < -0.4 is 9.64 Å². The fourth-order valence-electron chi connectivity index (χ4n) is 2.36. The molecule has 1 fully saturated rings. The standard InChI is InChI=1S/C15H22N4O5/c1-15(2,3)24-14(20)18-7-5-17(6-8-18)11-9-12(23-4)13(16-10-11)19(21)22/h9-10H,5-8H2,1-4H3. The first kappa shape index (κ1) is 17.8. The van der Waals surface area contributed by atoms with Gasteiger partial charge >= 0.3 is 11.9 Å². The normalized spacial score (nSPS) is 15.2. The van der Waals surface area contributed by atoms with E-state index in [1.165, 1.54) is 13.3 Å². The number of carbonyl (C=O) groups is 1. The quantitative estimate of drug-likeness (QED) is 0.614. The number of aromatic nitrogens is 1. The summed E-state index contributed by atoms with van der Waals surface area (Å²) >= 11 is 0. The Morgan fingerprint density at radius 1 is 1.29 bits per heavy atom. The Morgan fingerprint density at radius 3 is 2.42 bits per heavy atom. The Bertz CT molecular complexity index is 621. The fourth-order valence-corrected chi connectivity index (χ4v) is 2.36. The second-order valence-electron chi connectivity index (χ2n) is 6.43. The zero-order valence-corrected chi connectivity index (χ0v) is 14.3. The van der Waals surface area contributed by atoms with Gasteiger partial charge in [-0.15, -0.1) is 0 Å². The van der Waals surface area contributed by atoms with Gasteiger partial charge < -0.3 is 29.4 Å². The smallest absolute Gasteiger partial charge is 0.410 e. The lowest BCUT2D eigenvalue weighted by atomic mass is 10.2. The van der Waals surface area contributed by atoms with Gasteiger partial charge in [0, 0.05) is 32.2 Å². The molecule has 0 aromatic carbocycles. The molecule has 2 heterocycles. The molecule has 132 valence electrons. The van der Waals surface area contributed by atoms with E-state index in [4.69, 9.17) is 9.47 Å². The van der Waals surface area contributed by atoms with E-state index in [0.29, 0.717) is 26.2 Å². The average Bonchev–Trinajstić information content (AvgIpc) is 2.52. The van der Waals surface area contributed by atoms with E-state index < -0.39 is 10.5 Å². The molecule has 24 heavy (non-hydrogen) atoms. The van der Waals surface area contributed by atoms with E-state index in [0.717, 1.165) is 5.69 Å². The molecule has 1 aromatic heterocycles. The lowest BCUT2D eigenvalue weighted by Crippen LogP contribution is -2.50. The minimum Gasteiger partial charge on any atom is -0.489 e. The molecule has 0 spiro atoms. The Labute approximate surface area is 140 Å². The summed E-state index contributed by atoms with van der Waals surface area (Å²) in [6.45, 7) is 7.67. The molecule has 1 aliphatic rings. The van der Waals surface area contributed by atoms with Gasteiger partial charge in [-0.05, 0) is 30.7 Å². The number of piperazine rings is 1. The maximum Gasteiger partial charge on any atom is 0.410 e. The van der Waals surface area contributed by atoms with Crippen LogP contribution in [-0.4, -0.2) is 59.8 Å². The summed E-state index contributed by atoms with van der Waals surface area (Å²) < 4.78 is 10.4. The first-order chi connectivity index (χ1) is 11.2. The van der Waals surface area contributed by atoms with Crippen LogP contribution in [-0.2, 0) is 4.74 Å². The number of hydrogen-bond acceptors (Lipinski definition) is 7. The molecule has 1 amide bonds. The summed E-state index contributed by atoms with van der Waals surface area (Å²) in [6.07, 6.45) is 1.12. The first-order valence-corrected chi connectivity index (χ1v) is 7.62. The number of methoxy groups -OCH3 is 1. The molecule has 9 heteroatoms. The molecule has 0 saturated carbocycles. The molecule has 0 atom stereocenters. The molecule has 1 saturated heterocycles. The van der Waals surface area contributed by atoms with Gasteiger partial charge in [0.05, 0.1) is 12.8 Å². The summed E-state index contributed by atoms with van der Waals surface area (Å²) in [5, 5.41) is 10.9. The van der Waals surface area contributed by atoms with Crippen LogP contribution in [0.15, 0.2) is 12.3 Å². The van der Waals surface area contributed by atoms with E-state index in [1.54, 1.807) is 11.0 Å². The highest BCUT2D eigenvalue weighted by atomic mass is 16.6. The lowest BCUT2D eigenvalue weighted by Gasteiger charge is -2.36. The summed E-state index contributed by atoms with van der Waals surface area (Å²) in [4.78, 5) is 29.9. The van der Waals surface area contributed by atoms with Crippen molar-refractivity contribution < 1.29 is 19.2 Å². The number of nitrogens with zero attached hydrogens (tertiary/aromatic N) is 4. The maximum absolute atomic E-state index is 12.1. The van der Waals surface area contributed by atoms with Crippen LogP contribution in [0.3, 0.4) is 0 Å². The third-order valence-electron chi connectivity index (χ3n) is 3.51. The summed E-state index contributed by atoms with van der Waals surface area (Å²) in [7, 11) is 1.37. The molecular weight excluding hydrogens is 316 g/mol. The number of anilines is 1. The molecule has 0 unspecified atom stereocenters. The molecule has 0 aliphatic carbocycles. The van der Waals surface area contributed by atoms with Gasteiger partial charge in [-0.3, -0.25) is 0 Å². The Hall–Kier alpha value is -2.58. The minimum absolute atomic E-state index is 0.118. The number of hydrogen-bond donors (Lipinski definition) is 0. The van der Waals surface area contributed by atoms with E-state index in [2.05, 4.69) is 4.98 Å². The SMILES string of the molecule is COc1cc(N2CCN(C(=O)OC(C)(C)C)CC2)cnc1[N+](=O)[O-]. The third kappa shape index (κ3) is 4.24. The minimum atomic E-state index is -0.580. The van der Waals surface area contributed by atoms with Crippen LogP contribution in [0, 0.1) is 10.1 Å². The molecule has 9 nitrogen and oxygen atoms in total. The number of rotatable bonds is 3. The zero-order valence-electron chi connectivity index (χ0n) is 14.3. The maximum atomic E-state index is 12.1. The van der Waals surface area contributed by atoms with E-state index in [-0.39, 0.29) is 17.7 Å². The number of amides is 1. The number of ether oxygens (including phenoxy) is 2. The molecule has 1 aliphatic heterocycles. The van der Waals surface area contributed by atoms with Gasteiger partial charge in [0.1, 0.15) is 5.60 Å². The number of nitro groups is 1. The monoisotopic (exact) mass is 338 g/mol. The third-order valence-corrected chi connectivity index (χ3v) is 3.51. The van der Waals surface area contributed by atoms with Crippen LogP contribution in [0.4, 0.5) is 16.3 Å². The summed E-state index contributed by atoms with van der Waals surface area (Å²) in [5.41, 5.74) is 0.199. The Morgan fingerprint density at radius 2 is 1.92 bits per heavy atom. The van der Waals surface area contributed by atoms with Crippen LogP contribution >= 0.6 is 0 Å². The average molecular weight is 338 g/mol. The van der Waals surface area contributed by atoms with E-state index in [1.807, 2.05) is 25.7 Å². The van der Waals surface area contributed by atoms with Crippen molar-refractivity contribution >= 4 is 17.6 Å². The van der Waals surface area contributed by atoms with Gasteiger partial charge in [-0.2, -0.15) is 0 Å². The second kappa shape index (κ2) is 6.90. The van der Waals surface area contributed by atoms with Crippen molar-refractivity contribution in [2.24, 2.45) is 0 Å². The van der Waals surface area contributed by atoms with Gasteiger partial charge in [0.15, 0.2) is 6.20 Å². The van der Waals surface area contributed by atoms with Gasteiger partial charge in [0.25, 0.3) is 0 Å². The molecule has 0 radical (unpaired) electrons. The van der Waals surface area contributed by atoms with Gasteiger partial charge in [-0.1, -0.05) is 0 Å². The van der Waals surface area contributed by atoms with Gasteiger partial charge in [-0.25, -0.2) is 4.79 Å². The Balaban J connectivity index is 2.02. The van der Waals surface area contributed by atoms with Crippen molar-refractivity contribution in [1.82, 2.24) is 9.88 Å². The van der Waals surface area contributed by atoms with Crippen molar-refractivity contribution in [1.29, 1.82) is 0 Å². The predicted octanol–water partition coefficient (Wildman–Crippen LogP) is 2.06. The van der Waals surface area contributed by atoms with Crippen molar-refractivity contribution in [3.05, 3.63) is 22.4 Å². The van der Waals surface area contributed by atoms with Crippen molar-refractivity contribution in [2.75, 3.05) is 38.2 Å². The first-order valence-electron chi connectivity index (χ1n) is 7.62. The summed E-state index contributed by atoms with van der Waals surface area (Å²) in [6, 6.07) is 1.59. The van der Waals surface area contributed by atoms with Crippen LogP contribution in [0.5, 0.6) is 5.75 Å². The van der Waals surface area contributed by atoms with Crippen LogP contribution in [0.1, 0.15) is 20.8 Å². The van der Waals surface area contributed by atoms with E-state index in [9.17, 15) is 14.9 Å². The second-order valence-corrected chi connectivity index (χ2v) is 6.43. The lowest BCUT2D eigenvalue weighted by molar-refractivity contribution is -0.390.